The number of carbonyl (C=O) groups is 1. The monoisotopic (exact) mass is 397 g/mol. The third-order valence-electron chi connectivity index (χ3n) is 4.66. The molecule has 0 spiro atoms. The Morgan fingerprint density at radius 3 is 2.40 bits per heavy atom. The van der Waals surface area contributed by atoms with Crippen molar-refractivity contribution >= 4 is 27.8 Å². The molecule has 30 heavy (non-hydrogen) atoms. The Labute approximate surface area is 170 Å². The van der Waals surface area contributed by atoms with E-state index in [1.54, 1.807) is 54.6 Å². The van der Waals surface area contributed by atoms with Crippen LogP contribution < -0.4 is 5.56 Å². The molecule has 0 amide bonds. The Morgan fingerprint density at radius 2 is 1.60 bits per heavy atom. The molecule has 0 saturated heterocycles. The van der Waals surface area contributed by atoms with Crippen molar-refractivity contribution in [3.63, 3.8) is 0 Å². The normalized spacial score (nSPS) is 11.1. The molecule has 2 aromatic heterocycles. The number of aromatic nitrogens is 3. The third-order valence-corrected chi connectivity index (χ3v) is 4.66. The predicted octanol–water partition coefficient (Wildman–Crippen LogP) is 3.88. The zero-order valence-electron chi connectivity index (χ0n) is 15.7. The first-order chi connectivity index (χ1) is 14.7. The smallest absolute Gasteiger partial charge is 0.359 e. The molecule has 5 rings (SSSR count). The predicted molar refractivity (Wildman–Crippen MR) is 110 cm³/mol. The van der Waals surface area contributed by atoms with Crippen molar-refractivity contribution in [3.8, 4) is 5.69 Å². The van der Waals surface area contributed by atoms with Crippen LogP contribution in [-0.4, -0.2) is 20.7 Å². The van der Waals surface area contributed by atoms with Gasteiger partial charge in [-0.25, -0.2) is 9.78 Å². The van der Waals surface area contributed by atoms with Gasteiger partial charge in [0.2, 0.25) is 5.89 Å². The van der Waals surface area contributed by atoms with Crippen LogP contribution >= 0.6 is 0 Å². The zero-order chi connectivity index (χ0) is 20.5. The summed E-state index contributed by atoms with van der Waals surface area (Å²) < 4.78 is 12.2. The summed E-state index contributed by atoms with van der Waals surface area (Å²) in [5.41, 5.74) is 1.59. The summed E-state index contributed by atoms with van der Waals surface area (Å²) >= 11 is 0. The summed E-state index contributed by atoms with van der Waals surface area (Å²) in [6, 6.07) is 23.0. The van der Waals surface area contributed by atoms with Gasteiger partial charge in [0.1, 0.15) is 5.52 Å². The number of benzene rings is 3. The van der Waals surface area contributed by atoms with Gasteiger partial charge in [-0.15, -0.1) is 0 Å². The lowest BCUT2D eigenvalue weighted by atomic mass is 10.1. The second-order valence-electron chi connectivity index (χ2n) is 6.60. The average Bonchev–Trinajstić information content (AvgIpc) is 3.21. The number of rotatable bonds is 4. The highest BCUT2D eigenvalue weighted by Crippen LogP contribution is 2.18. The Morgan fingerprint density at radius 1 is 0.900 bits per heavy atom. The minimum absolute atomic E-state index is 0.0464. The van der Waals surface area contributed by atoms with Gasteiger partial charge in [0.25, 0.3) is 5.56 Å². The van der Waals surface area contributed by atoms with E-state index in [-0.39, 0.29) is 23.8 Å². The van der Waals surface area contributed by atoms with Gasteiger partial charge in [0, 0.05) is 5.39 Å². The summed E-state index contributed by atoms with van der Waals surface area (Å²) in [5.74, 6) is -0.386. The van der Waals surface area contributed by atoms with Gasteiger partial charge in [-0.3, -0.25) is 4.79 Å². The van der Waals surface area contributed by atoms with Crippen LogP contribution in [0, 0.1) is 0 Å². The molecule has 0 N–H and O–H groups in total. The second-order valence-corrected chi connectivity index (χ2v) is 6.60. The van der Waals surface area contributed by atoms with E-state index in [4.69, 9.17) is 9.15 Å². The number of hydrogen-bond donors (Lipinski definition) is 0. The van der Waals surface area contributed by atoms with E-state index in [0.29, 0.717) is 27.6 Å². The lowest BCUT2D eigenvalue weighted by Crippen LogP contribution is -2.25. The molecule has 0 aliphatic rings. The fourth-order valence-electron chi connectivity index (χ4n) is 3.26. The molecule has 7 nitrogen and oxygen atoms in total. The quantitative estimate of drug-likeness (QED) is 0.428. The Hall–Kier alpha value is -4.26. The first-order valence-electron chi connectivity index (χ1n) is 9.30. The highest BCUT2D eigenvalue weighted by molar-refractivity contribution is 6.02. The number of esters is 1. The molecular formula is C23H15N3O4. The van der Waals surface area contributed by atoms with Crippen LogP contribution in [0.1, 0.15) is 16.4 Å². The number of nitrogens with zero attached hydrogens (tertiary/aromatic N) is 3. The molecule has 0 radical (unpaired) electrons. The minimum Gasteiger partial charge on any atom is -0.451 e. The van der Waals surface area contributed by atoms with E-state index in [1.807, 2.05) is 24.3 Å². The highest BCUT2D eigenvalue weighted by atomic mass is 16.5. The van der Waals surface area contributed by atoms with Crippen LogP contribution in [0.4, 0.5) is 0 Å². The van der Waals surface area contributed by atoms with Gasteiger partial charge in [0.05, 0.1) is 11.1 Å². The molecule has 2 heterocycles. The Bertz CT molecular complexity index is 1400. The summed E-state index contributed by atoms with van der Waals surface area (Å²) in [7, 11) is 0. The van der Waals surface area contributed by atoms with Crippen LogP contribution in [-0.2, 0) is 11.3 Å². The lowest BCUT2D eigenvalue weighted by Gasteiger charge is -2.10. The first kappa shape index (κ1) is 17.8. The number of para-hydroxylation sites is 3. The van der Waals surface area contributed by atoms with Crippen LogP contribution in [0.25, 0.3) is 27.6 Å². The Kier molecular flexibility index (Phi) is 4.33. The first-order valence-corrected chi connectivity index (χ1v) is 9.30. The fourth-order valence-corrected chi connectivity index (χ4v) is 3.26. The van der Waals surface area contributed by atoms with Gasteiger partial charge >= 0.3 is 5.97 Å². The van der Waals surface area contributed by atoms with Crippen molar-refractivity contribution in [1.29, 1.82) is 0 Å². The zero-order valence-corrected chi connectivity index (χ0v) is 15.7. The van der Waals surface area contributed by atoms with Gasteiger partial charge in [-0.1, -0.05) is 48.5 Å². The van der Waals surface area contributed by atoms with Crippen molar-refractivity contribution < 1.29 is 13.9 Å². The van der Waals surface area contributed by atoms with Crippen LogP contribution in [0.15, 0.2) is 88.1 Å². The lowest BCUT2D eigenvalue weighted by molar-refractivity contribution is 0.0434. The van der Waals surface area contributed by atoms with Crippen LogP contribution in [0.5, 0.6) is 0 Å². The third kappa shape index (κ3) is 3.12. The largest absolute Gasteiger partial charge is 0.451 e. The molecule has 146 valence electrons. The second kappa shape index (κ2) is 7.29. The van der Waals surface area contributed by atoms with E-state index in [2.05, 4.69) is 10.1 Å². The maximum Gasteiger partial charge on any atom is 0.359 e. The van der Waals surface area contributed by atoms with Gasteiger partial charge in [-0.05, 0) is 30.3 Å². The number of ether oxygens (including phenoxy) is 1. The molecule has 0 saturated carbocycles. The standard InChI is InChI=1S/C23H15N3O4/c27-22-17-11-5-4-10-16(17)21(25-26(22)15-8-2-1-3-9-15)23(28)29-14-20-24-18-12-6-7-13-19(18)30-20/h1-13H,14H2. The van der Waals surface area contributed by atoms with Crippen molar-refractivity contribution in [2.45, 2.75) is 6.61 Å². The number of carbonyl (C=O) groups excluding carboxylic acids is 1. The van der Waals surface area contributed by atoms with E-state index < -0.39 is 5.97 Å². The van der Waals surface area contributed by atoms with E-state index in [0.717, 1.165) is 0 Å². The SMILES string of the molecule is O=C(OCc1nc2ccccc2o1)c1nn(-c2ccccc2)c(=O)c2ccccc12. The van der Waals surface area contributed by atoms with Crippen molar-refractivity contribution in [3.05, 3.63) is 101 Å². The molecule has 0 fully saturated rings. The Balaban J connectivity index is 1.53. The summed E-state index contributed by atoms with van der Waals surface area (Å²) in [5, 5.41) is 5.11. The molecule has 0 aliphatic carbocycles. The molecule has 5 aromatic rings. The van der Waals surface area contributed by atoms with Gasteiger partial charge in [0.15, 0.2) is 17.9 Å². The number of hydrogen-bond acceptors (Lipinski definition) is 6. The molecule has 0 unspecified atom stereocenters. The summed E-state index contributed by atoms with van der Waals surface area (Å²) in [6.45, 7) is -0.145. The van der Waals surface area contributed by atoms with E-state index in [9.17, 15) is 9.59 Å². The molecule has 0 atom stereocenters. The number of fused-ring (bicyclic) bond motifs is 2. The molecule has 7 heteroatoms. The van der Waals surface area contributed by atoms with Crippen LogP contribution in [0.2, 0.25) is 0 Å². The van der Waals surface area contributed by atoms with Crippen molar-refractivity contribution in [2.75, 3.05) is 0 Å². The summed E-state index contributed by atoms with van der Waals surface area (Å²) in [6.07, 6.45) is 0. The topological polar surface area (TPSA) is 87.2 Å². The maximum atomic E-state index is 12.9. The maximum absolute atomic E-state index is 12.9. The van der Waals surface area contributed by atoms with Gasteiger partial charge in [-0.2, -0.15) is 9.78 Å². The van der Waals surface area contributed by atoms with Crippen molar-refractivity contribution in [2.24, 2.45) is 0 Å². The van der Waals surface area contributed by atoms with Crippen molar-refractivity contribution in [1.82, 2.24) is 14.8 Å². The average molecular weight is 397 g/mol. The molecular weight excluding hydrogens is 382 g/mol. The minimum atomic E-state index is -0.668. The van der Waals surface area contributed by atoms with Gasteiger partial charge < -0.3 is 9.15 Å². The van der Waals surface area contributed by atoms with E-state index >= 15 is 0 Å². The summed E-state index contributed by atoms with van der Waals surface area (Å²) in [4.78, 5) is 30.1. The van der Waals surface area contributed by atoms with E-state index in [1.165, 1.54) is 4.68 Å². The molecule has 3 aromatic carbocycles. The highest BCUT2D eigenvalue weighted by Gasteiger charge is 2.19. The van der Waals surface area contributed by atoms with Crippen LogP contribution in [0.3, 0.4) is 0 Å². The molecule has 0 bridgehead atoms. The number of oxazole rings is 1. The fraction of sp³-hybridized carbons (Fsp3) is 0.0435. The molecule has 0 aliphatic heterocycles.